The Morgan fingerprint density at radius 3 is 2.68 bits per heavy atom. The maximum absolute atomic E-state index is 12.8. The van der Waals surface area contributed by atoms with Crippen LogP contribution in [0, 0.1) is 0 Å². The molecule has 1 saturated heterocycles. The zero-order valence-corrected chi connectivity index (χ0v) is 19.0. The van der Waals surface area contributed by atoms with E-state index in [9.17, 15) is 4.79 Å². The van der Waals surface area contributed by atoms with Crippen LogP contribution in [0.5, 0.6) is 5.75 Å². The Hall–Kier alpha value is -2.74. The minimum Gasteiger partial charge on any atom is -0.485 e. The molecule has 0 N–H and O–H groups in total. The highest BCUT2D eigenvalue weighted by atomic mass is 16.6. The summed E-state index contributed by atoms with van der Waals surface area (Å²) in [4.78, 5) is 30.6. The fraction of sp³-hybridized carbons (Fsp3) is 0.565. The van der Waals surface area contributed by atoms with Crippen LogP contribution in [0.15, 0.2) is 18.3 Å². The number of aromatic nitrogens is 3. The summed E-state index contributed by atoms with van der Waals surface area (Å²) in [7, 11) is 3.76. The lowest BCUT2D eigenvalue weighted by atomic mass is 10.1. The summed E-state index contributed by atoms with van der Waals surface area (Å²) in [6.07, 6.45) is 4.69. The molecule has 0 saturated carbocycles. The fourth-order valence-electron chi connectivity index (χ4n) is 3.68. The zero-order chi connectivity index (χ0) is 22.2. The zero-order valence-electron chi connectivity index (χ0n) is 19.0. The lowest BCUT2D eigenvalue weighted by Gasteiger charge is -2.33. The van der Waals surface area contributed by atoms with Crippen molar-refractivity contribution in [2.75, 3.05) is 38.8 Å². The lowest BCUT2D eigenvalue weighted by molar-refractivity contribution is -0.132. The molecule has 0 spiro atoms. The van der Waals surface area contributed by atoms with Crippen molar-refractivity contribution in [3.63, 3.8) is 0 Å². The number of fused-ring (bicyclic) bond motifs is 1. The number of likely N-dealkylation sites (N-methyl/N-ethyl adjacent to an activating group) is 2. The van der Waals surface area contributed by atoms with Gasteiger partial charge in [0, 0.05) is 43.2 Å². The summed E-state index contributed by atoms with van der Waals surface area (Å²) in [5, 5.41) is 0. The van der Waals surface area contributed by atoms with Gasteiger partial charge in [0.25, 0.3) is 0 Å². The molecule has 1 amide bonds. The van der Waals surface area contributed by atoms with Crippen LogP contribution < -0.4 is 9.64 Å². The van der Waals surface area contributed by atoms with Gasteiger partial charge in [-0.1, -0.05) is 0 Å². The Kier molecular flexibility index (Phi) is 5.83. The predicted molar refractivity (Wildman–Crippen MR) is 118 cm³/mol. The van der Waals surface area contributed by atoms with E-state index in [1.165, 1.54) is 0 Å². The second-order valence-electron chi connectivity index (χ2n) is 9.28. The maximum Gasteiger partial charge on any atom is 0.242 e. The summed E-state index contributed by atoms with van der Waals surface area (Å²) in [6, 6.07) is 3.71. The van der Waals surface area contributed by atoms with E-state index < -0.39 is 0 Å². The number of aryl methyl sites for hydroxylation is 1. The smallest absolute Gasteiger partial charge is 0.242 e. The number of nitrogens with zero attached hydrogens (tertiary/aromatic N) is 5. The Labute approximate surface area is 183 Å². The van der Waals surface area contributed by atoms with E-state index in [0.717, 1.165) is 42.1 Å². The van der Waals surface area contributed by atoms with Crippen molar-refractivity contribution < 1.29 is 14.3 Å². The van der Waals surface area contributed by atoms with Gasteiger partial charge in [-0.05, 0) is 46.1 Å². The monoisotopic (exact) mass is 425 g/mol. The number of pyridine rings is 1. The number of hydrogen-bond donors (Lipinski definition) is 0. The molecule has 1 aliphatic carbocycles. The molecular weight excluding hydrogens is 394 g/mol. The summed E-state index contributed by atoms with van der Waals surface area (Å²) < 4.78 is 11.1. The molecule has 1 fully saturated rings. The van der Waals surface area contributed by atoms with E-state index >= 15 is 0 Å². The predicted octanol–water partition coefficient (Wildman–Crippen LogP) is 2.50. The molecule has 2 aromatic rings. The summed E-state index contributed by atoms with van der Waals surface area (Å²) in [5.74, 6) is 2.17. The van der Waals surface area contributed by atoms with Crippen molar-refractivity contribution in [1.29, 1.82) is 0 Å². The van der Waals surface area contributed by atoms with Gasteiger partial charge >= 0.3 is 0 Å². The molecule has 0 atom stereocenters. The standard InChI is InChI=1S/C23H31N5O3/c1-23(2,3)28(5)20(29)12-27(4)22-17-7-6-8-18(17)25-21(26-22)19-11-15(9-10-24-19)31-16-13-30-14-16/h9-11,16H,6-8,12-14H2,1-5H3. The van der Waals surface area contributed by atoms with Crippen LogP contribution in [0.3, 0.4) is 0 Å². The SMILES string of the molecule is CN(CC(=O)N(C)C(C)(C)C)c1nc(-c2cc(OC3COC3)ccn2)nc2c1CCC2. The Morgan fingerprint density at radius 2 is 2.00 bits per heavy atom. The Bertz CT molecular complexity index is 968. The molecule has 0 radical (unpaired) electrons. The number of ether oxygens (including phenoxy) is 2. The molecule has 31 heavy (non-hydrogen) atoms. The van der Waals surface area contributed by atoms with Gasteiger partial charge in [-0.15, -0.1) is 0 Å². The van der Waals surface area contributed by atoms with Gasteiger partial charge in [0.2, 0.25) is 5.91 Å². The highest BCUT2D eigenvalue weighted by molar-refractivity contribution is 5.82. The van der Waals surface area contributed by atoms with E-state index in [1.807, 2.05) is 51.9 Å². The normalized spacial score (nSPS) is 15.9. The minimum atomic E-state index is -0.230. The first kappa shape index (κ1) is 21.5. The minimum absolute atomic E-state index is 0.0538. The van der Waals surface area contributed by atoms with Crippen molar-refractivity contribution in [1.82, 2.24) is 19.9 Å². The van der Waals surface area contributed by atoms with Gasteiger partial charge in [0.1, 0.15) is 23.4 Å². The van der Waals surface area contributed by atoms with Crippen molar-refractivity contribution >= 4 is 11.7 Å². The molecule has 0 unspecified atom stereocenters. The van der Waals surface area contributed by atoms with Crippen LogP contribution in [0.25, 0.3) is 11.5 Å². The van der Waals surface area contributed by atoms with Crippen LogP contribution in [0.1, 0.15) is 38.4 Å². The van der Waals surface area contributed by atoms with E-state index in [2.05, 4.69) is 4.98 Å². The molecule has 166 valence electrons. The highest BCUT2D eigenvalue weighted by Crippen LogP contribution is 2.31. The summed E-state index contributed by atoms with van der Waals surface area (Å²) in [6.45, 7) is 7.57. The number of anilines is 1. The van der Waals surface area contributed by atoms with Crippen LogP contribution in [0.2, 0.25) is 0 Å². The third kappa shape index (κ3) is 4.63. The highest BCUT2D eigenvalue weighted by Gasteiger charge is 2.27. The molecule has 2 aromatic heterocycles. The number of rotatable bonds is 6. The van der Waals surface area contributed by atoms with Gasteiger partial charge in [-0.3, -0.25) is 9.78 Å². The van der Waals surface area contributed by atoms with Crippen LogP contribution >= 0.6 is 0 Å². The first-order chi connectivity index (χ1) is 14.7. The van der Waals surface area contributed by atoms with E-state index in [1.54, 1.807) is 11.1 Å². The van der Waals surface area contributed by atoms with Gasteiger partial charge < -0.3 is 19.3 Å². The van der Waals surface area contributed by atoms with Crippen LogP contribution in [-0.2, 0) is 22.4 Å². The van der Waals surface area contributed by atoms with E-state index in [0.29, 0.717) is 24.7 Å². The number of carbonyl (C=O) groups excluding carboxylic acids is 1. The van der Waals surface area contributed by atoms with Gasteiger partial charge in [-0.2, -0.15) is 0 Å². The molecule has 1 aliphatic heterocycles. The molecule has 4 rings (SSSR count). The first-order valence-corrected chi connectivity index (χ1v) is 10.8. The van der Waals surface area contributed by atoms with Gasteiger partial charge in [0.05, 0.1) is 19.8 Å². The van der Waals surface area contributed by atoms with Crippen molar-refractivity contribution in [3.8, 4) is 17.3 Å². The quantitative estimate of drug-likeness (QED) is 0.703. The molecule has 0 aromatic carbocycles. The maximum atomic E-state index is 12.8. The topological polar surface area (TPSA) is 80.7 Å². The molecule has 8 heteroatoms. The van der Waals surface area contributed by atoms with Crippen LogP contribution in [0.4, 0.5) is 5.82 Å². The van der Waals surface area contributed by atoms with E-state index in [4.69, 9.17) is 19.4 Å². The fourth-order valence-corrected chi connectivity index (χ4v) is 3.68. The number of amides is 1. The number of hydrogen-bond acceptors (Lipinski definition) is 7. The average Bonchev–Trinajstić information content (AvgIpc) is 3.17. The molecular formula is C23H31N5O3. The molecule has 8 nitrogen and oxygen atoms in total. The molecule has 2 aliphatic rings. The van der Waals surface area contributed by atoms with Crippen molar-refractivity contribution in [2.24, 2.45) is 0 Å². The second kappa shape index (κ2) is 8.42. The van der Waals surface area contributed by atoms with Gasteiger partial charge in [0.15, 0.2) is 5.82 Å². The second-order valence-corrected chi connectivity index (χ2v) is 9.28. The largest absolute Gasteiger partial charge is 0.485 e. The Morgan fingerprint density at radius 1 is 1.23 bits per heavy atom. The lowest BCUT2D eigenvalue weighted by Crippen LogP contribution is -2.46. The molecule has 0 bridgehead atoms. The third-order valence-electron chi connectivity index (χ3n) is 5.90. The van der Waals surface area contributed by atoms with Gasteiger partial charge in [-0.25, -0.2) is 9.97 Å². The van der Waals surface area contributed by atoms with Crippen molar-refractivity contribution in [3.05, 3.63) is 29.6 Å². The molecule has 3 heterocycles. The van der Waals surface area contributed by atoms with Crippen molar-refractivity contribution in [2.45, 2.75) is 51.7 Å². The van der Waals surface area contributed by atoms with E-state index in [-0.39, 0.29) is 24.1 Å². The Balaban J connectivity index is 1.61. The summed E-state index contributed by atoms with van der Waals surface area (Å²) >= 11 is 0. The average molecular weight is 426 g/mol. The van der Waals surface area contributed by atoms with Crippen LogP contribution in [-0.4, -0.2) is 71.3 Å². The first-order valence-electron chi connectivity index (χ1n) is 10.8. The third-order valence-corrected chi connectivity index (χ3v) is 5.90. The number of carbonyl (C=O) groups is 1. The summed E-state index contributed by atoms with van der Waals surface area (Å²) in [5.41, 5.74) is 2.62.